The van der Waals surface area contributed by atoms with Gasteiger partial charge in [-0.15, -0.1) is 0 Å². The van der Waals surface area contributed by atoms with Crippen molar-refractivity contribution in [1.29, 1.82) is 0 Å². The van der Waals surface area contributed by atoms with Gasteiger partial charge in [0.15, 0.2) is 6.29 Å². The summed E-state index contributed by atoms with van der Waals surface area (Å²) in [4.78, 5) is 24.5. The van der Waals surface area contributed by atoms with Gasteiger partial charge in [0.1, 0.15) is 48.5 Å². The molecule has 2 aromatic carbocycles. The molecule has 0 bridgehead atoms. The van der Waals surface area contributed by atoms with E-state index in [0.29, 0.717) is 11.5 Å². The third kappa shape index (κ3) is 9.96. The van der Waals surface area contributed by atoms with Gasteiger partial charge in [-0.25, -0.2) is 4.57 Å². The van der Waals surface area contributed by atoms with Gasteiger partial charge < -0.3 is 39.4 Å². The number of nitrogens with one attached hydrogen (secondary N) is 2. The second-order valence-corrected chi connectivity index (χ2v) is 12.1. The van der Waals surface area contributed by atoms with E-state index >= 15 is 0 Å². The zero-order valence-corrected chi connectivity index (χ0v) is 25.2. The zero-order valence-electron chi connectivity index (χ0n) is 23.5. The molecule has 232 valence electrons. The number of thioether (sulfide) groups is 1. The Bertz CT molecular complexity index is 1190. The summed E-state index contributed by atoms with van der Waals surface area (Å²) in [6, 6.07) is 12.8. The highest BCUT2D eigenvalue weighted by atomic mass is 32.2. The Kier molecular flexibility index (Phi) is 13.1. The van der Waals surface area contributed by atoms with Crippen molar-refractivity contribution in [3.8, 4) is 11.5 Å². The van der Waals surface area contributed by atoms with E-state index in [4.69, 9.17) is 23.3 Å². The quantitative estimate of drug-likeness (QED) is 0.142. The van der Waals surface area contributed by atoms with Gasteiger partial charge in [0.2, 0.25) is 5.91 Å². The Labute approximate surface area is 248 Å². The van der Waals surface area contributed by atoms with Crippen molar-refractivity contribution in [3.63, 3.8) is 0 Å². The van der Waals surface area contributed by atoms with Gasteiger partial charge in [0.25, 0.3) is 0 Å². The average Bonchev–Trinajstić information content (AvgIpc) is 2.98. The summed E-state index contributed by atoms with van der Waals surface area (Å²) in [6.45, 7) is 0.545. The first-order valence-electron chi connectivity index (χ1n) is 13.1. The van der Waals surface area contributed by atoms with Gasteiger partial charge in [-0.3, -0.25) is 14.1 Å². The topological polar surface area (TPSA) is 182 Å². The number of hydrogen-bond donors (Lipinski definition) is 5. The van der Waals surface area contributed by atoms with E-state index in [0.717, 1.165) is 5.56 Å². The fraction of sp³-hybridized carbons (Fsp3) is 0.481. The summed E-state index contributed by atoms with van der Waals surface area (Å²) in [5.41, 5.74) is 0.765. The van der Waals surface area contributed by atoms with Crippen LogP contribution in [0.1, 0.15) is 18.9 Å². The van der Waals surface area contributed by atoms with Crippen LogP contribution in [0.4, 0.5) is 0 Å². The van der Waals surface area contributed by atoms with E-state index in [1.54, 1.807) is 24.3 Å². The van der Waals surface area contributed by atoms with Crippen molar-refractivity contribution >= 4 is 31.4 Å². The molecular weight excluding hydrogens is 591 g/mol. The monoisotopic (exact) mass is 628 g/mol. The van der Waals surface area contributed by atoms with Crippen LogP contribution >= 0.6 is 19.5 Å². The molecule has 3 rings (SSSR count). The van der Waals surface area contributed by atoms with Crippen molar-refractivity contribution < 1.29 is 52.7 Å². The van der Waals surface area contributed by atoms with Gasteiger partial charge in [0, 0.05) is 6.92 Å². The van der Waals surface area contributed by atoms with Crippen molar-refractivity contribution in [2.75, 3.05) is 25.7 Å². The Hall–Kier alpha value is -2.68. The molecule has 1 amide bonds. The van der Waals surface area contributed by atoms with Crippen LogP contribution in [0.15, 0.2) is 54.6 Å². The molecule has 1 aliphatic heterocycles. The number of esters is 1. The molecule has 42 heavy (non-hydrogen) atoms. The van der Waals surface area contributed by atoms with Gasteiger partial charge in [0.05, 0.1) is 13.7 Å². The van der Waals surface area contributed by atoms with E-state index in [-0.39, 0.29) is 18.8 Å². The van der Waals surface area contributed by atoms with Gasteiger partial charge >= 0.3 is 13.7 Å². The first kappa shape index (κ1) is 33.8. The van der Waals surface area contributed by atoms with E-state index < -0.39 is 62.9 Å². The number of aliphatic hydroxyl groups excluding tert-OH is 3. The minimum Gasteiger partial charge on any atom is -0.497 e. The summed E-state index contributed by atoms with van der Waals surface area (Å²) in [5.74, 6) is -0.102. The maximum atomic E-state index is 14.1. The third-order valence-electron chi connectivity index (χ3n) is 6.22. The van der Waals surface area contributed by atoms with Crippen molar-refractivity contribution in [2.24, 2.45) is 0 Å². The average molecular weight is 629 g/mol. The number of benzene rings is 2. The Morgan fingerprint density at radius 1 is 1.05 bits per heavy atom. The van der Waals surface area contributed by atoms with E-state index in [2.05, 4.69) is 10.4 Å². The number of amides is 1. The predicted molar refractivity (Wildman–Crippen MR) is 154 cm³/mol. The number of carbonyl (C=O) groups excluding carboxylic acids is 2. The molecule has 15 heteroatoms. The van der Waals surface area contributed by atoms with E-state index in [1.165, 1.54) is 37.9 Å². The molecule has 1 saturated heterocycles. The molecule has 7 atom stereocenters. The molecule has 1 heterocycles. The first-order chi connectivity index (χ1) is 20.0. The lowest BCUT2D eigenvalue weighted by Gasteiger charge is -2.40. The maximum absolute atomic E-state index is 14.1. The summed E-state index contributed by atoms with van der Waals surface area (Å²) >= 11 is 1.47. The Morgan fingerprint density at radius 3 is 2.33 bits per heavy atom. The van der Waals surface area contributed by atoms with Crippen LogP contribution in [-0.2, 0) is 34.8 Å². The van der Waals surface area contributed by atoms with E-state index in [1.807, 2.05) is 24.5 Å². The summed E-state index contributed by atoms with van der Waals surface area (Å²) in [5, 5.41) is 36.3. The summed E-state index contributed by atoms with van der Waals surface area (Å²) in [6.07, 6.45) is -4.26. The molecule has 0 aliphatic carbocycles. The molecule has 2 aromatic rings. The second kappa shape index (κ2) is 16.2. The van der Waals surface area contributed by atoms with Crippen LogP contribution in [0.5, 0.6) is 11.5 Å². The van der Waals surface area contributed by atoms with Crippen molar-refractivity contribution in [1.82, 2.24) is 10.4 Å². The van der Waals surface area contributed by atoms with Gasteiger partial charge in [-0.05, 0) is 48.3 Å². The van der Waals surface area contributed by atoms with Crippen molar-refractivity contribution in [2.45, 2.75) is 56.6 Å². The van der Waals surface area contributed by atoms with Gasteiger partial charge in [-0.2, -0.15) is 16.8 Å². The Balaban J connectivity index is 1.79. The van der Waals surface area contributed by atoms with Gasteiger partial charge in [-0.1, -0.05) is 30.3 Å². The fourth-order valence-electron chi connectivity index (χ4n) is 4.00. The van der Waals surface area contributed by atoms with Crippen LogP contribution in [0.3, 0.4) is 0 Å². The Morgan fingerprint density at radius 2 is 1.71 bits per heavy atom. The highest BCUT2D eigenvalue weighted by molar-refractivity contribution is 7.98. The molecule has 0 aromatic heterocycles. The number of hydrogen-bond acceptors (Lipinski definition) is 12. The number of rotatable bonds is 15. The fourth-order valence-corrected chi connectivity index (χ4v) is 6.01. The maximum Gasteiger partial charge on any atom is 0.459 e. The van der Waals surface area contributed by atoms with Crippen LogP contribution in [0, 0.1) is 0 Å². The molecule has 1 unspecified atom stereocenters. The normalized spacial score (nSPS) is 24.2. The molecular formula is C27H37N2O11PS. The number of ether oxygens (including phenoxy) is 3. The van der Waals surface area contributed by atoms with Crippen LogP contribution in [0.2, 0.25) is 0 Å². The third-order valence-corrected chi connectivity index (χ3v) is 8.43. The SMILES string of the molecule is COc1ccc(OP(=O)(N[C@@H](CCSC)C(=O)OCc2ccccc2)OC[C@H]2O[C@H](O)[C@H](NC(C)=O)[C@@H](O)[C@@H]2O)cc1. The molecule has 13 nitrogen and oxygen atoms in total. The van der Waals surface area contributed by atoms with E-state index in [9.17, 15) is 29.5 Å². The second-order valence-electron chi connectivity index (χ2n) is 9.39. The van der Waals surface area contributed by atoms with Crippen molar-refractivity contribution in [3.05, 3.63) is 60.2 Å². The lowest BCUT2D eigenvalue weighted by molar-refractivity contribution is -0.252. The highest BCUT2D eigenvalue weighted by Crippen LogP contribution is 2.46. The summed E-state index contributed by atoms with van der Waals surface area (Å²) < 4.78 is 41.4. The lowest BCUT2D eigenvalue weighted by atomic mass is 9.97. The number of aliphatic hydroxyl groups is 3. The lowest BCUT2D eigenvalue weighted by Crippen LogP contribution is -2.64. The number of carbonyl (C=O) groups is 2. The number of methoxy groups -OCH3 is 1. The molecule has 0 radical (unpaired) electrons. The summed E-state index contributed by atoms with van der Waals surface area (Å²) in [7, 11) is -2.92. The molecule has 1 aliphatic rings. The minimum absolute atomic E-state index is 0.00499. The molecule has 5 N–H and O–H groups in total. The standard InChI is InChI=1S/C27H37N2O11PS/c1-17(30)28-23-25(32)24(31)22(39-27(23)34)16-38-41(35,40-20-11-9-19(36-2)10-12-20)29-21(13-14-42-3)26(33)37-15-18-7-5-4-6-8-18/h4-12,21-25,27,31-32,34H,13-16H2,1-3H3,(H,28,30)(H,29,35)/t21-,22+,23+,24+,25+,27-,41?/m0/s1. The van der Waals surface area contributed by atoms with Crippen LogP contribution < -0.4 is 19.7 Å². The van der Waals surface area contributed by atoms with Crippen LogP contribution in [-0.4, -0.2) is 89.6 Å². The molecule has 0 saturated carbocycles. The smallest absolute Gasteiger partial charge is 0.459 e. The minimum atomic E-state index is -4.41. The zero-order chi connectivity index (χ0) is 30.7. The molecule has 1 fully saturated rings. The highest BCUT2D eigenvalue weighted by Gasteiger charge is 2.46. The molecule has 0 spiro atoms. The first-order valence-corrected chi connectivity index (χ1v) is 16.0. The van der Waals surface area contributed by atoms with Crippen LogP contribution in [0.25, 0.3) is 0 Å². The largest absolute Gasteiger partial charge is 0.497 e. The predicted octanol–water partition coefficient (Wildman–Crippen LogP) is 1.60.